The summed E-state index contributed by atoms with van der Waals surface area (Å²) >= 11 is 0. The first-order valence-corrected chi connectivity index (χ1v) is 11.6. The number of fused-ring (bicyclic) bond motifs is 1. The SMILES string of the molecule is CCN1CCC2(CN(C(=O)N(C)C)CC23CCN(C(=O)Nc2cccc(C)c2)CC3)C1=O. The Morgan fingerprint density at radius 3 is 2.38 bits per heavy atom. The molecule has 3 saturated heterocycles. The van der Waals surface area contributed by atoms with Crippen LogP contribution >= 0.6 is 0 Å². The Kier molecular flexibility index (Phi) is 5.81. The molecule has 4 rings (SSSR count). The van der Waals surface area contributed by atoms with E-state index in [1.54, 1.807) is 19.0 Å². The summed E-state index contributed by atoms with van der Waals surface area (Å²) in [5, 5.41) is 3.00. The number of urea groups is 2. The molecule has 3 aliphatic rings. The minimum atomic E-state index is -0.534. The number of nitrogens with one attached hydrogen (secondary N) is 1. The monoisotopic (exact) mass is 441 g/mol. The largest absolute Gasteiger partial charge is 0.342 e. The van der Waals surface area contributed by atoms with E-state index < -0.39 is 5.41 Å². The second-order valence-electron chi connectivity index (χ2n) is 9.82. The summed E-state index contributed by atoms with van der Waals surface area (Å²) in [5.74, 6) is 0.187. The van der Waals surface area contributed by atoms with Crippen LogP contribution in [0, 0.1) is 17.8 Å². The number of aryl methyl sites for hydroxylation is 1. The number of hydrogen-bond donors (Lipinski definition) is 1. The van der Waals surface area contributed by atoms with E-state index in [9.17, 15) is 14.4 Å². The van der Waals surface area contributed by atoms with Crippen LogP contribution in [0.3, 0.4) is 0 Å². The van der Waals surface area contributed by atoms with Crippen LogP contribution in [-0.4, -0.2) is 90.9 Å². The Balaban J connectivity index is 1.52. The van der Waals surface area contributed by atoms with E-state index in [1.165, 1.54) is 0 Å². The zero-order valence-corrected chi connectivity index (χ0v) is 19.7. The molecule has 174 valence electrons. The normalized spacial score (nSPS) is 24.5. The molecule has 1 atom stereocenters. The maximum Gasteiger partial charge on any atom is 0.321 e. The average molecular weight is 442 g/mol. The Hall–Kier alpha value is -2.77. The maximum absolute atomic E-state index is 13.5. The molecule has 0 aliphatic carbocycles. The fraction of sp³-hybridized carbons (Fsp3) is 0.625. The molecule has 8 nitrogen and oxygen atoms in total. The number of nitrogens with zero attached hydrogens (tertiary/aromatic N) is 4. The summed E-state index contributed by atoms with van der Waals surface area (Å²) in [6, 6.07) is 7.63. The summed E-state index contributed by atoms with van der Waals surface area (Å²) in [6.07, 6.45) is 2.25. The van der Waals surface area contributed by atoms with Gasteiger partial charge in [-0.1, -0.05) is 12.1 Å². The van der Waals surface area contributed by atoms with E-state index in [0.717, 1.165) is 37.1 Å². The summed E-state index contributed by atoms with van der Waals surface area (Å²) < 4.78 is 0. The standard InChI is InChI=1S/C24H35N5O3/c1-5-27-14-11-24(20(27)30)17-29(22(32)26(3)4)16-23(24)9-12-28(13-10-23)21(31)25-19-8-6-7-18(2)15-19/h6-8,15H,5,9-14,16-17H2,1-4H3,(H,25,31). The smallest absolute Gasteiger partial charge is 0.321 e. The number of carbonyl (C=O) groups is 3. The van der Waals surface area contributed by atoms with Crippen molar-refractivity contribution < 1.29 is 14.4 Å². The van der Waals surface area contributed by atoms with Crippen molar-refractivity contribution in [3.8, 4) is 0 Å². The number of benzene rings is 1. The van der Waals surface area contributed by atoms with Gasteiger partial charge >= 0.3 is 12.1 Å². The molecule has 1 N–H and O–H groups in total. The Morgan fingerprint density at radius 2 is 1.78 bits per heavy atom. The van der Waals surface area contributed by atoms with Crippen molar-refractivity contribution >= 4 is 23.7 Å². The van der Waals surface area contributed by atoms with Crippen molar-refractivity contribution in [3.05, 3.63) is 29.8 Å². The number of piperidine rings is 1. The van der Waals surface area contributed by atoms with Gasteiger partial charge in [0.1, 0.15) is 0 Å². The number of carbonyl (C=O) groups excluding carboxylic acids is 3. The van der Waals surface area contributed by atoms with E-state index in [2.05, 4.69) is 5.32 Å². The van der Waals surface area contributed by atoms with Crippen molar-refractivity contribution in [2.75, 3.05) is 58.7 Å². The highest BCUT2D eigenvalue weighted by molar-refractivity contribution is 5.90. The second kappa shape index (κ2) is 8.30. The molecular formula is C24H35N5O3. The second-order valence-corrected chi connectivity index (χ2v) is 9.82. The van der Waals surface area contributed by atoms with Crippen LogP contribution in [0.25, 0.3) is 0 Å². The third-order valence-corrected chi connectivity index (χ3v) is 7.79. The third kappa shape index (κ3) is 3.59. The van der Waals surface area contributed by atoms with Crippen molar-refractivity contribution in [1.29, 1.82) is 0 Å². The topological polar surface area (TPSA) is 76.2 Å². The van der Waals surface area contributed by atoms with Crippen molar-refractivity contribution in [2.24, 2.45) is 10.8 Å². The number of hydrogen-bond acceptors (Lipinski definition) is 3. The highest BCUT2D eigenvalue weighted by Gasteiger charge is 2.66. The van der Waals surface area contributed by atoms with Crippen LogP contribution in [0.2, 0.25) is 0 Å². The van der Waals surface area contributed by atoms with Gasteiger partial charge in [0.2, 0.25) is 5.91 Å². The molecule has 32 heavy (non-hydrogen) atoms. The lowest BCUT2D eigenvalue weighted by molar-refractivity contribution is -0.141. The number of rotatable bonds is 2. The van der Waals surface area contributed by atoms with E-state index >= 15 is 0 Å². The lowest BCUT2D eigenvalue weighted by Gasteiger charge is -2.46. The number of likely N-dealkylation sites (tertiary alicyclic amines) is 3. The van der Waals surface area contributed by atoms with E-state index in [1.807, 2.05) is 52.8 Å². The molecule has 1 unspecified atom stereocenters. The molecular weight excluding hydrogens is 406 g/mol. The molecule has 2 spiro atoms. The Bertz CT molecular complexity index is 909. The van der Waals surface area contributed by atoms with Crippen LogP contribution < -0.4 is 5.32 Å². The van der Waals surface area contributed by atoms with Gasteiger partial charge in [-0.15, -0.1) is 0 Å². The van der Waals surface area contributed by atoms with Crippen LogP contribution in [0.5, 0.6) is 0 Å². The van der Waals surface area contributed by atoms with Crippen LogP contribution in [0.4, 0.5) is 15.3 Å². The van der Waals surface area contributed by atoms with Gasteiger partial charge in [0.05, 0.1) is 5.41 Å². The summed E-state index contributed by atoms with van der Waals surface area (Å²) in [6.45, 7) is 7.70. The minimum Gasteiger partial charge on any atom is -0.342 e. The van der Waals surface area contributed by atoms with Gasteiger partial charge < -0.3 is 24.9 Å². The summed E-state index contributed by atoms with van der Waals surface area (Å²) in [5.41, 5.74) is 1.08. The van der Waals surface area contributed by atoms with Crippen LogP contribution in [0.1, 0.15) is 31.7 Å². The third-order valence-electron chi connectivity index (χ3n) is 7.79. The van der Waals surface area contributed by atoms with Gasteiger partial charge in [-0.2, -0.15) is 0 Å². The molecule has 5 amide bonds. The molecule has 1 aromatic rings. The molecule has 8 heteroatoms. The molecule has 3 aliphatic heterocycles. The van der Waals surface area contributed by atoms with E-state index in [0.29, 0.717) is 32.7 Å². The van der Waals surface area contributed by atoms with Gasteiger partial charge in [-0.25, -0.2) is 9.59 Å². The quantitative estimate of drug-likeness (QED) is 0.767. The molecule has 0 aromatic heterocycles. The first-order valence-electron chi connectivity index (χ1n) is 11.6. The van der Waals surface area contributed by atoms with E-state index in [-0.39, 0.29) is 23.4 Å². The highest BCUT2D eigenvalue weighted by Crippen LogP contribution is 2.58. The van der Waals surface area contributed by atoms with Crippen LogP contribution in [0.15, 0.2) is 24.3 Å². The maximum atomic E-state index is 13.5. The summed E-state index contributed by atoms with van der Waals surface area (Å²) in [7, 11) is 3.51. The van der Waals surface area contributed by atoms with Crippen LogP contribution in [-0.2, 0) is 4.79 Å². The fourth-order valence-corrected chi connectivity index (χ4v) is 5.96. The Morgan fingerprint density at radius 1 is 1.06 bits per heavy atom. The first kappa shape index (κ1) is 22.4. The van der Waals surface area contributed by atoms with Crippen molar-refractivity contribution in [3.63, 3.8) is 0 Å². The van der Waals surface area contributed by atoms with Gasteiger partial charge in [-0.05, 0) is 50.8 Å². The molecule has 3 fully saturated rings. The zero-order valence-electron chi connectivity index (χ0n) is 19.7. The van der Waals surface area contributed by atoms with Crippen molar-refractivity contribution in [2.45, 2.75) is 33.1 Å². The molecule has 0 radical (unpaired) electrons. The molecule has 3 heterocycles. The molecule has 1 aromatic carbocycles. The summed E-state index contributed by atoms with van der Waals surface area (Å²) in [4.78, 5) is 46.5. The van der Waals surface area contributed by atoms with Gasteiger partial charge in [0.15, 0.2) is 0 Å². The fourth-order valence-electron chi connectivity index (χ4n) is 5.96. The predicted molar refractivity (Wildman–Crippen MR) is 123 cm³/mol. The lowest BCUT2D eigenvalue weighted by Crippen LogP contribution is -2.54. The van der Waals surface area contributed by atoms with Gasteiger partial charge in [0, 0.05) is 64.5 Å². The Labute approximate surface area is 190 Å². The highest BCUT2D eigenvalue weighted by atomic mass is 16.2. The first-order chi connectivity index (χ1) is 15.2. The predicted octanol–water partition coefficient (Wildman–Crippen LogP) is 2.84. The number of amides is 5. The number of anilines is 1. The molecule has 0 bridgehead atoms. The zero-order chi connectivity index (χ0) is 23.1. The minimum absolute atomic E-state index is 0.0383. The van der Waals surface area contributed by atoms with Crippen molar-refractivity contribution in [1.82, 2.24) is 19.6 Å². The van der Waals surface area contributed by atoms with Gasteiger partial charge in [-0.3, -0.25) is 4.79 Å². The van der Waals surface area contributed by atoms with E-state index in [4.69, 9.17) is 0 Å². The lowest BCUT2D eigenvalue weighted by atomic mass is 9.60. The average Bonchev–Trinajstić information content (AvgIpc) is 3.26. The molecule has 0 saturated carbocycles. The van der Waals surface area contributed by atoms with Gasteiger partial charge in [0.25, 0.3) is 0 Å².